The summed E-state index contributed by atoms with van der Waals surface area (Å²) in [5.41, 5.74) is 0.0285. The van der Waals surface area contributed by atoms with Crippen LogP contribution in [0.2, 0.25) is 0 Å². The Bertz CT molecular complexity index is 561. The Morgan fingerprint density at radius 2 is 1.68 bits per heavy atom. The van der Waals surface area contributed by atoms with Crippen LogP contribution in [0.3, 0.4) is 0 Å². The van der Waals surface area contributed by atoms with Crippen LogP contribution in [0.15, 0.2) is 24.3 Å². The molecule has 0 radical (unpaired) electrons. The number of benzene rings is 1. The summed E-state index contributed by atoms with van der Waals surface area (Å²) in [6, 6.07) is 7.77. The lowest BCUT2D eigenvalue weighted by atomic mass is 9.78. The Kier molecular flexibility index (Phi) is 9.62. The lowest BCUT2D eigenvalue weighted by molar-refractivity contribution is -0.0531. The minimum absolute atomic E-state index is 0.181. The summed E-state index contributed by atoms with van der Waals surface area (Å²) in [7, 11) is 0. The van der Waals surface area contributed by atoms with Gasteiger partial charge in [-0.1, -0.05) is 51.2 Å². The highest BCUT2D eigenvalue weighted by Crippen LogP contribution is 2.38. The SMILES string of the molecule is CCCCCCCCOc1ccc(C2(O)CCC(OC(=O)OCC)CC2)cc1. The van der Waals surface area contributed by atoms with E-state index in [9.17, 15) is 9.90 Å². The van der Waals surface area contributed by atoms with E-state index < -0.39 is 11.8 Å². The second-order valence-electron chi connectivity index (χ2n) is 7.67. The highest BCUT2D eigenvalue weighted by atomic mass is 16.7. The van der Waals surface area contributed by atoms with Gasteiger partial charge in [0.2, 0.25) is 0 Å². The fraction of sp³-hybridized carbons (Fsp3) is 0.696. The van der Waals surface area contributed by atoms with Crippen molar-refractivity contribution < 1.29 is 24.1 Å². The Balaban J connectivity index is 1.73. The molecule has 0 aliphatic heterocycles. The molecular weight excluding hydrogens is 356 g/mol. The molecule has 0 spiro atoms. The summed E-state index contributed by atoms with van der Waals surface area (Å²) in [5, 5.41) is 11.0. The van der Waals surface area contributed by atoms with Crippen molar-refractivity contribution >= 4 is 6.16 Å². The number of ether oxygens (including phenoxy) is 3. The summed E-state index contributed by atoms with van der Waals surface area (Å²) in [6.45, 7) is 5.03. The predicted molar refractivity (Wildman–Crippen MR) is 110 cm³/mol. The van der Waals surface area contributed by atoms with Gasteiger partial charge in [0.25, 0.3) is 0 Å². The molecule has 5 heteroatoms. The molecule has 1 aromatic carbocycles. The van der Waals surface area contributed by atoms with Crippen LogP contribution in [-0.4, -0.2) is 30.6 Å². The minimum Gasteiger partial charge on any atom is -0.494 e. The van der Waals surface area contributed by atoms with Gasteiger partial charge in [-0.05, 0) is 56.7 Å². The maximum atomic E-state index is 11.4. The molecule has 1 aliphatic carbocycles. The van der Waals surface area contributed by atoms with Gasteiger partial charge in [0, 0.05) is 0 Å². The Morgan fingerprint density at radius 1 is 1.04 bits per heavy atom. The Hall–Kier alpha value is -1.75. The van der Waals surface area contributed by atoms with E-state index in [-0.39, 0.29) is 6.10 Å². The van der Waals surface area contributed by atoms with Crippen LogP contribution < -0.4 is 4.74 Å². The molecule has 2 rings (SSSR count). The van der Waals surface area contributed by atoms with Crippen LogP contribution in [0.4, 0.5) is 4.79 Å². The topological polar surface area (TPSA) is 65.0 Å². The number of unbranched alkanes of at least 4 members (excludes halogenated alkanes) is 5. The van der Waals surface area contributed by atoms with E-state index in [1.165, 1.54) is 32.1 Å². The number of carbonyl (C=O) groups is 1. The second-order valence-corrected chi connectivity index (χ2v) is 7.67. The van der Waals surface area contributed by atoms with Gasteiger partial charge < -0.3 is 19.3 Å². The van der Waals surface area contributed by atoms with Crippen molar-refractivity contribution in [3.63, 3.8) is 0 Å². The molecule has 0 saturated heterocycles. The van der Waals surface area contributed by atoms with E-state index in [0.717, 1.165) is 24.3 Å². The van der Waals surface area contributed by atoms with Crippen LogP contribution in [0.5, 0.6) is 5.75 Å². The van der Waals surface area contributed by atoms with Gasteiger partial charge in [0.05, 0.1) is 18.8 Å². The molecule has 0 atom stereocenters. The number of rotatable bonds is 11. The molecule has 1 aliphatic rings. The van der Waals surface area contributed by atoms with E-state index in [2.05, 4.69) is 6.92 Å². The fourth-order valence-electron chi connectivity index (χ4n) is 3.70. The van der Waals surface area contributed by atoms with Gasteiger partial charge >= 0.3 is 6.16 Å². The highest BCUT2D eigenvalue weighted by molar-refractivity contribution is 5.60. The number of hydrogen-bond acceptors (Lipinski definition) is 5. The molecule has 28 heavy (non-hydrogen) atoms. The average molecular weight is 393 g/mol. The molecule has 0 heterocycles. The van der Waals surface area contributed by atoms with Gasteiger partial charge in [-0.2, -0.15) is 0 Å². The first kappa shape index (κ1) is 22.5. The second kappa shape index (κ2) is 11.9. The lowest BCUT2D eigenvalue weighted by Gasteiger charge is -2.36. The van der Waals surface area contributed by atoms with Crippen molar-refractivity contribution in [1.29, 1.82) is 0 Å². The normalized spacial score (nSPS) is 21.9. The van der Waals surface area contributed by atoms with Crippen LogP contribution in [0.25, 0.3) is 0 Å². The lowest BCUT2D eigenvalue weighted by Crippen LogP contribution is -2.35. The maximum Gasteiger partial charge on any atom is 0.508 e. The molecular formula is C23H36O5. The van der Waals surface area contributed by atoms with Gasteiger partial charge in [-0.15, -0.1) is 0 Å². The number of aliphatic hydroxyl groups is 1. The molecule has 158 valence electrons. The van der Waals surface area contributed by atoms with Gasteiger partial charge in [0.1, 0.15) is 11.9 Å². The van der Waals surface area contributed by atoms with Crippen molar-refractivity contribution in [2.24, 2.45) is 0 Å². The van der Waals surface area contributed by atoms with Crippen molar-refractivity contribution in [3.8, 4) is 5.75 Å². The quantitative estimate of drug-likeness (QED) is 0.385. The third kappa shape index (κ3) is 7.34. The third-order valence-electron chi connectivity index (χ3n) is 5.44. The van der Waals surface area contributed by atoms with Crippen LogP contribution in [-0.2, 0) is 15.1 Å². The molecule has 1 aromatic rings. The third-order valence-corrected chi connectivity index (χ3v) is 5.44. The fourth-order valence-corrected chi connectivity index (χ4v) is 3.70. The Labute approximate surface area is 169 Å². The van der Waals surface area contributed by atoms with E-state index >= 15 is 0 Å². The predicted octanol–water partition coefficient (Wildman–Crippen LogP) is 5.73. The molecule has 0 bridgehead atoms. The standard InChI is InChI=1S/C23H36O5/c1-3-5-6-7-8-9-18-27-20-12-10-19(11-13-20)23(25)16-14-21(15-17-23)28-22(24)26-4-2/h10-13,21,25H,3-9,14-18H2,1-2H3. The van der Waals surface area contributed by atoms with Gasteiger partial charge in [0.15, 0.2) is 0 Å². The van der Waals surface area contributed by atoms with Crippen molar-refractivity contribution in [1.82, 2.24) is 0 Å². The molecule has 1 N–H and O–H groups in total. The zero-order chi connectivity index (χ0) is 20.2. The molecule has 1 fully saturated rings. The monoisotopic (exact) mass is 392 g/mol. The van der Waals surface area contributed by atoms with Crippen molar-refractivity contribution in [2.45, 2.75) is 89.8 Å². The van der Waals surface area contributed by atoms with Gasteiger partial charge in [-0.3, -0.25) is 0 Å². The molecule has 0 amide bonds. The first-order valence-electron chi connectivity index (χ1n) is 10.9. The average Bonchev–Trinajstić information content (AvgIpc) is 2.70. The van der Waals surface area contributed by atoms with E-state index in [1.807, 2.05) is 24.3 Å². The molecule has 1 saturated carbocycles. The van der Waals surface area contributed by atoms with E-state index in [4.69, 9.17) is 14.2 Å². The molecule has 5 nitrogen and oxygen atoms in total. The van der Waals surface area contributed by atoms with Crippen LogP contribution >= 0.6 is 0 Å². The molecule has 0 unspecified atom stereocenters. The highest BCUT2D eigenvalue weighted by Gasteiger charge is 2.36. The van der Waals surface area contributed by atoms with E-state index in [1.54, 1.807) is 6.92 Å². The summed E-state index contributed by atoms with van der Waals surface area (Å²) in [6.07, 6.45) is 9.07. The molecule has 0 aromatic heterocycles. The summed E-state index contributed by atoms with van der Waals surface area (Å²) >= 11 is 0. The van der Waals surface area contributed by atoms with Crippen LogP contribution in [0, 0.1) is 0 Å². The summed E-state index contributed by atoms with van der Waals surface area (Å²) in [4.78, 5) is 11.4. The number of carbonyl (C=O) groups excluding carboxylic acids is 1. The first-order chi connectivity index (χ1) is 13.6. The Morgan fingerprint density at radius 3 is 2.32 bits per heavy atom. The zero-order valence-electron chi connectivity index (χ0n) is 17.5. The smallest absolute Gasteiger partial charge is 0.494 e. The van der Waals surface area contributed by atoms with Crippen LogP contribution in [0.1, 0.15) is 83.6 Å². The van der Waals surface area contributed by atoms with Crippen molar-refractivity contribution in [2.75, 3.05) is 13.2 Å². The first-order valence-corrected chi connectivity index (χ1v) is 10.9. The van der Waals surface area contributed by atoms with Crippen molar-refractivity contribution in [3.05, 3.63) is 29.8 Å². The summed E-state index contributed by atoms with van der Waals surface area (Å²) < 4.78 is 15.9. The minimum atomic E-state index is -0.869. The number of hydrogen-bond donors (Lipinski definition) is 1. The van der Waals surface area contributed by atoms with E-state index in [0.29, 0.717) is 32.3 Å². The van der Waals surface area contributed by atoms with Gasteiger partial charge in [-0.25, -0.2) is 4.79 Å². The maximum absolute atomic E-state index is 11.4. The zero-order valence-corrected chi connectivity index (χ0v) is 17.5. The summed E-state index contributed by atoms with van der Waals surface area (Å²) in [5.74, 6) is 0.847. The largest absolute Gasteiger partial charge is 0.508 e.